The maximum absolute atomic E-state index is 12.5. The van der Waals surface area contributed by atoms with Crippen LogP contribution in [0.15, 0.2) is 78.9 Å². The average Bonchev–Trinajstić information content (AvgIpc) is 3.55. The smallest absolute Gasteiger partial charge is 0.255 e. The molecule has 0 heterocycles. The van der Waals surface area contributed by atoms with Gasteiger partial charge in [0, 0.05) is 22.9 Å². The Balaban J connectivity index is 1.38. The highest BCUT2D eigenvalue weighted by Crippen LogP contribution is 2.30. The summed E-state index contributed by atoms with van der Waals surface area (Å²) in [6.07, 6.45) is 1.90. The number of hydrogen-bond acceptors (Lipinski definition) is 3. The molecule has 0 aromatic heterocycles. The minimum Gasteiger partial charge on any atom is -0.457 e. The van der Waals surface area contributed by atoms with Crippen molar-refractivity contribution in [3.63, 3.8) is 0 Å². The fourth-order valence-electron chi connectivity index (χ4n) is 2.77. The van der Waals surface area contributed by atoms with E-state index >= 15 is 0 Å². The van der Waals surface area contributed by atoms with Gasteiger partial charge in [-0.1, -0.05) is 24.3 Å². The lowest BCUT2D eigenvalue weighted by atomic mass is 10.2. The molecular formula is C23H20N2O3. The molecule has 3 aromatic rings. The van der Waals surface area contributed by atoms with Crippen LogP contribution in [-0.2, 0) is 4.79 Å². The molecule has 3 aromatic carbocycles. The zero-order valence-electron chi connectivity index (χ0n) is 15.2. The lowest BCUT2D eigenvalue weighted by Crippen LogP contribution is -2.14. The van der Waals surface area contributed by atoms with Gasteiger partial charge in [-0.3, -0.25) is 9.59 Å². The van der Waals surface area contributed by atoms with Gasteiger partial charge in [0.2, 0.25) is 5.91 Å². The van der Waals surface area contributed by atoms with Crippen molar-refractivity contribution in [2.45, 2.75) is 12.8 Å². The van der Waals surface area contributed by atoms with Gasteiger partial charge in [0.05, 0.1) is 0 Å². The van der Waals surface area contributed by atoms with E-state index < -0.39 is 0 Å². The molecule has 28 heavy (non-hydrogen) atoms. The van der Waals surface area contributed by atoms with Gasteiger partial charge < -0.3 is 15.4 Å². The zero-order valence-corrected chi connectivity index (χ0v) is 15.2. The molecule has 0 radical (unpaired) electrons. The van der Waals surface area contributed by atoms with Gasteiger partial charge in [-0.25, -0.2) is 0 Å². The molecule has 1 aliphatic carbocycles. The third kappa shape index (κ3) is 4.57. The van der Waals surface area contributed by atoms with Crippen LogP contribution in [0.25, 0.3) is 0 Å². The Hall–Kier alpha value is -3.60. The van der Waals surface area contributed by atoms with E-state index in [1.807, 2.05) is 36.4 Å². The van der Waals surface area contributed by atoms with Crippen LogP contribution < -0.4 is 15.4 Å². The summed E-state index contributed by atoms with van der Waals surface area (Å²) in [6, 6.07) is 23.6. The molecule has 1 aliphatic rings. The highest BCUT2D eigenvalue weighted by atomic mass is 16.5. The molecule has 1 saturated carbocycles. The van der Waals surface area contributed by atoms with Crippen molar-refractivity contribution in [3.8, 4) is 11.5 Å². The van der Waals surface area contributed by atoms with Crippen molar-refractivity contribution >= 4 is 23.2 Å². The normalized spacial score (nSPS) is 12.9. The molecule has 0 saturated heterocycles. The maximum atomic E-state index is 12.5. The first-order valence-electron chi connectivity index (χ1n) is 9.23. The molecule has 0 bridgehead atoms. The molecule has 5 heteroatoms. The lowest BCUT2D eigenvalue weighted by Gasteiger charge is -2.09. The standard InChI is InChI=1S/C23H20N2O3/c26-22(16-9-10-16)24-18-5-4-6-19(15-18)25-23(27)17-11-13-21(14-12-17)28-20-7-2-1-3-8-20/h1-8,11-16H,9-10H2,(H,24,26)(H,25,27). The Kier molecular flexibility index (Phi) is 5.06. The number of ether oxygens (including phenoxy) is 1. The van der Waals surface area contributed by atoms with Gasteiger partial charge >= 0.3 is 0 Å². The summed E-state index contributed by atoms with van der Waals surface area (Å²) in [4.78, 5) is 24.4. The van der Waals surface area contributed by atoms with Gasteiger partial charge in [-0.2, -0.15) is 0 Å². The first-order chi connectivity index (χ1) is 13.7. The van der Waals surface area contributed by atoms with Crippen molar-refractivity contribution in [2.24, 2.45) is 5.92 Å². The number of para-hydroxylation sites is 1. The van der Waals surface area contributed by atoms with Crippen LogP contribution in [0.1, 0.15) is 23.2 Å². The second-order valence-corrected chi connectivity index (χ2v) is 6.74. The summed E-state index contributed by atoms with van der Waals surface area (Å²) < 4.78 is 5.74. The molecule has 0 aliphatic heterocycles. The van der Waals surface area contributed by atoms with Crippen molar-refractivity contribution in [2.75, 3.05) is 10.6 Å². The summed E-state index contributed by atoms with van der Waals surface area (Å²) >= 11 is 0. The van der Waals surface area contributed by atoms with Gasteiger partial charge in [0.15, 0.2) is 0 Å². The van der Waals surface area contributed by atoms with E-state index in [2.05, 4.69) is 10.6 Å². The summed E-state index contributed by atoms with van der Waals surface area (Å²) in [5, 5.41) is 5.74. The fraction of sp³-hybridized carbons (Fsp3) is 0.130. The highest BCUT2D eigenvalue weighted by molar-refractivity contribution is 6.04. The number of nitrogens with one attached hydrogen (secondary N) is 2. The van der Waals surface area contributed by atoms with Crippen molar-refractivity contribution < 1.29 is 14.3 Å². The number of rotatable bonds is 6. The largest absolute Gasteiger partial charge is 0.457 e. The Morgan fingerprint density at radius 1 is 0.750 bits per heavy atom. The fourth-order valence-corrected chi connectivity index (χ4v) is 2.77. The third-order valence-corrected chi connectivity index (χ3v) is 4.43. The molecule has 5 nitrogen and oxygen atoms in total. The second kappa shape index (κ2) is 7.96. The molecule has 0 spiro atoms. The van der Waals surface area contributed by atoms with Gasteiger partial charge in [0.25, 0.3) is 5.91 Å². The van der Waals surface area contributed by atoms with E-state index in [4.69, 9.17) is 4.74 Å². The van der Waals surface area contributed by atoms with Crippen LogP contribution in [0.5, 0.6) is 11.5 Å². The number of carbonyl (C=O) groups excluding carboxylic acids is 2. The SMILES string of the molecule is O=C(Nc1cccc(NC(=O)C2CC2)c1)c1ccc(Oc2ccccc2)cc1. The Morgan fingerprint density at radius 3 is 2.07 bits per heavy atom. The van der Waals surface area contributed by atoms with E-state index in [1.165, 1.54) is 0 Å². The Morgan fingerprint density at radius 2 is 1.39 bits per heavy atom. The van der Waals surface area contributed by atoms with Gasteiger partial charge in [0.1, 0.15) is 11.5 Å². The number of amides is 2. The van der Waals surface area contributed by atoms with E-state index in [0.29, 0.717) is 22.7 Å². The number of benzene rings is 3. The van der Waals surface area contributed by atoms with Gasteiger partial charge in [-0.05, 0) is 67.4 Å². The van der Waals surface area contributed by atoms with Crippen LogP contribution >= 0.6 is 0 Å². The first kappa shape index (κ1) is 17.8. The summed E-state index contributed by atoms with van der Waals surface area (Å²) in [7, 11) is 0. The monoisotopic (exact) mass is 372 g/mol. The Bertz CT molecular complexity index is 980. The Labute approximate surface area is 163 Å². The number of carbonyl (C=O) groups is 2. The minimum atomic E-state index is -0.225. The maximum Gasteiger partial charge on any atom is 0.255 e. The molecule has 4 rings (SSSR count). The van der Waals surface area contributed by atoms with E-state index in [-0.39, 0.29) is 17.7 Å². The van der Waals surface area contributed by atoms with Crippen LogP contribution in [0.4, 0.5) is 11.4 Å². The van der Waals surface area contributed by atoms with E-state index in [1.54, 1.807) is 42.5 Å². The topological polar surface area (TPSA) is 67.4 Å². The molecule has 0 atom stereocenters. The molecule has 2 amide bonds. The van der Waals surface area contributed by atoms with Crippen LogP contribution in [-0.4, -0.2) is 11.8 Å². The average molecular weight is 372 g/mol. The molecule has 2 N–H and O–H groups in total. The first-order valence-corrected chi connectivity index (χ1v) is 9.23. The van der Waals surface area contributed by atoms with E-state index in [9.17, 15) is 9.59 Å². The molecule has 0 unspecified atom stereocenters. The summed E-state index contributed by atoms with van der Waals surface area (Å²) in [6.45, 7) is 0. The lowest BCUT2D eigenvalue weighted by molar-refractivity contribution is -0.117. The predicted molar refractivity (Wildman–Crippen MR) is 109 cm³/mol. The molecular weight excluding hydrogens is 352 g/mol. The summed E-state index contributed by atoms with van der Waals surface area (Å²) in [5.41, 5.74) is 1.83. The number of anilines is 2. The van der Waals surface area contributed by atoms with Crippen molar-refractivity contribution in [3.05, 3.63) is 84.4 Å². The van der Waals surface area contributed by atoms with Crippen LogP contribution in [0.3, 0.4) is 0 Å². The van der Waals surface area contributed by atoms with Crippen LogP contribution in [0, 0.1) is 5.92 Å². The predicted octanol–water partition coefficient (Wildman–Crippen LogP) is 5.08. The third-order valence-electron chi connectivity index (χ3n) is 4.43. The zero-order chi connectivity index (χ0) is 19.3. The van der Waals surface area contributed by atoms with Crippen LogP contribution in [0.2, 0.25) is 0 Å². The molecule has 140 valence electrons. The second-order valence-electron chi connectivity index (χ2n) is 6.74. The van der Waals surface area contributed by atoms with Gasteiger partial charge in [-0.15, -0.1) is 0 Å². The highest BCUT2D eigenvalue weighted by Gasteiger charge is 2.29. The number of hydrogen-bond donors (Lipinski definition) is 2. The van der Waals surface area contributed by atoms with Crippen molar-refractivity contribution in [1.29, 1.82) is 0 Å². The van der Waals surface area contributed by atoms with Crippen molar-refractivity contribution in [1.82, 2.24) is 0 Å². The molecule has 1 fully saturated rings. The summed E-state index contributed by atoms with van der Waals surface area (Å²) in [5.74, 6) is 1.35. The van der Waals surface area contributed by atoms with E-state index in [0.717, 1.165) is 18.6 Å². The minimum absolute atomic E-state index is 0.0393. The quantitative estimate of drug-likeness (QED) is 0.634.